The fraction of sp³-hybridized carbons (Fsp3) is 0.182. The Labute approximate surface area is 87.7 Å². The van der Waals surface area contributed by atoms with Crippen LogP contribution in [0.1, 0.15) is 11.5 Å². The van der Waals surface area contributed by atoms with Crippen LogP contribution in [0.15, 0.2) is 41.1 Å². The summed E-state index contributed by atoms with van der Waals surface area (Å²) >= 11 is 0. The second kappa shape index (κ2) is 4.61. The van der Waals surface area contributed by atoms with Crippen LogP contribution in [0.3, 0.4) is 0 Å². The second-order valence-electron chi connectivity index (χ2n) is 3.06. The predicted molar refractivity (Wildman–Crippen MR) is 55.2 cm³/mol. The number of hydrogen-bond acceptors (Lipinski definition) is 4. The largest absolute Gasteiger partial charge is 0.486 e. The SMILES string of the molecule is NCc1cc(OCc2ccco2)ccn1. The van der Waals surface area contributed by atoms with E-state index in [1.54, 1.807) is 18.5 Å². The molecule has 0 saturated heterocycles. The molecular formula is C11H12N2O2. The van der Waals surface area contributed by atoms with Gasteiger partial charge in [0.25, 0.3) is 0 Å². The maximum atomic E-state index is 5.50. The van der Waals surface area contributed by atoms with Crippen molar-refractivity contribution in [3.8, 4) is 5.75 Å². The van der Waals surface area contributed by atoms with Gasteiger partial charge in [-0.15, -0.1) is 0 Å². The molecule has 0 atom stereocenters. The Balaban J connectivity index is 1.98. The summed E-state index contributed by atoms with van der Waals surface area (Å²) in [5, 5.41) is 0. The van der Waals surface area contributed by atoms with E-state index < -0.39 is 0 Å². The zero-order valence-electron chi connectivity index (χ0n) is 8.22. The molecule has 0 aliphatic heterocycles. The Morgan fingerprint density at radius 2 is 2.33 bits per heavy atom. The van der Waals surface area contributed by atoms with Crippen LogP contribution < -0.4 is 10.5 Å². The summed E-state index contributed by atoms with van der Waals surface area (Å²) in [6, 6.07) is 7.31. The van der Waals surface area contributed by atoms with Gasteiger partial charge in [-0.25, -0.2) is 0 Å². The van der Waals surface area contributed by atoms with E-state index in [1.165, 1.54) is 0 Å². The average molecular weight is 204 g/mol. The van der Waals surface area contributed by atoms with Crippen LogP contribution in [-0.4, -0.2) is 4.98 Å². The van der Waals surface area contributed by atoms with Gasteiger partial charge in [-0.2, -0.15) is 0 Å². The molecule has 2 aromatic heterocycles. The van der Waals surface area contributed by atoms with Crippen LogP contribution in [0, 0.1) is 0 Å². The van der Waals surface area contributed by atoms with Gasteiger partial charge in [-0.1, -0.05) is 0 Å². The van der Waals surface area contributed by atoms with Crippen molar-refractivity contribution in [1.82, 2.24) is 4.98 Å². The van der Waals surface area contributed by atoms with Crippen molar-refractivity contribution in [2.75, 3.05) is 0 Å². The molecule has 2 aromatic rings. The van der Waals surface area contributed by atoms with E-state index in [-0.39, 0.29) is 0 Å². The van der Waals surface area contributed by atoms with Crippen LogP contribution in [0.4, 0.5) is 0 Å². The molecule has 2 heterocycles. The van der Waals surface area contributed by atoms with E-state index in [0.29, 0.717) is 13.2 Å². The molecule has 78 valence electrons. The highest BCUT2D eigenvalue weighted by atomic mass is 16.5. The maximum absolute atomic E-state index is 5.50. The summed E-state index contributed by atoms with van der Waals surface area (Å²) < 4.78 is 10.7. The Morgan fingerprint density at radius 3 is 3.07 bits per heavy atom. The lowest BCUT2D eigenvalue weighted by molar-refractivity contribution is 0.270. The molecule has 0 aliphatic carbocycles. The average Bonchev–Trinajstić information content (AvgIpc) is 2.79. The van der Waals surface area contributed by atoms with Gasteiger partial charge >= 0.3 is 0 Å². The molecule has 4 nitrogen and oxygen atoms in total. The normalized spacial score (nSPS) is 10.2. The van der Waals surface area contributed by atoms with Gasteiger partial charge in [0, 0.05) is 18.8 Å². The van der Waals surface area contributed by atoms with E-state index >= 15 is 0 Å². The summed E-state index contributed by atoms with van der Waals surface area (Å²) in [4.78, 5) is 4.07. The van der Waals surface area contributed by atoms with Crippen molar-refractivity contribution in [3.63, 3.8) is 0 Å². The van der Waals surface area contributed by atoms with Gasteiger partial charge in [0.15, 0.2) is 0 Å². The quantitative estimate of drug-likeness (QED) is 0.823. The Hall–Kier alpha value is -1.81. The van der Waals surface area contributed by atoms with Crippen molar-refractivity contribution in [2.24, 2.45) is 5.73 Å². The minimum atomic E-state index is 0.415. The third-order valence-corrected chi connectivity index (χ3v) is 1.96. The number of rotatable bonds is 4. The molecule has 2 N–H and O–H groups in total. The van der Waals surface area contributed by atoms with E-state index in [0.717, 1.165) is 17.2 Å². The smallest absolute Gasteiger partial charge is 0.146 e. The zero-order chi connectivity index (χ0) is 10.5. The monoisotopic (exact) mass is 204 g/mol. The van der Waals surface area contributed by atoms with E-state index in [2.05, 4.69) is 4.98 Å². The van der Waals surface area contributed by atoms with Crippen molar-refractivity contribution in [3.05, 3.63) is 48.2 Å². The summed E-state index contributed by atoms with van der Waals surface area (Å²) in [5.41, 5.74) is 6.28. The van der Waals surface area contributed by atoms with Crippen LogP contribution in [0.25, 0.3) is 0 Å². The highest BCUT2D eigenvalue weighted by molar-refractivity contribution is 5.22. The highest BCUT2D eigenvalue weighted by Gasteiger charge is 1.99. The second-order valence-corrected chi connectivity index (χ2v) is 3.06. The standard InChI is InChI=1S/C11H12N2O2/c12-7-9-6-10(3-4-13-9)15-8-11-2-1-5-14-11/h1-6H,7-8,12H2. The third-order valence-electron chi connectivity index (χ3n) is 1.96. The van der Waals surface area contributed by atoms with Crippen LogP contribution in [0.2, 0.25) is 0 Å². The molecule has 0 amide bonds. The molecule has 0 saturated carbocycles. The molecule has 0 radical (unpaired) electrons. The van der Waals surface area contributed by atoms with Crippen LogP contribution >= 0.6 is 0 Å². The van der Waals surface area contributed by atoms with Gasteiger partial charge < -0.3 is 14.9 Å². The molecule has 0 aromatic carbocycles. The number of ether oxygens (including phenoxy) is 1. The molecular weight excluding hydrogens is 192 g/mol. The molecule has 0 aliphatic rings. The number of furan rings is 1. The Kier molecular flexibility index (Phi) is 2.99. The molecule has 0 unspecified atom stereocenters. The first-order valence-corrected chi connectivity index (χ1v) is 4.68. The minimum Gasteiger partial charge on any atom is -0.486 e. The number of nitrogens with zero attached hydrogens (tertiary/aromatic N) is 1. The minimum absolute atomic E-state index is 0.415. The maximum Gasteiger partial charge on any atom is 0.146 e. The Morgan fingerprint density at radius 1 is 1.40 bits per heavy atom. The van der Waals surface area contributed by atoms with Gasteiger partial charge in [0.1, 0.15) is 18.1 Å². The predicted octanol–water partition coefficient (Wildman–Crippen LogP) is 1.71. The molecule has 4 heteroatoms. The van der Waals surface area contributed by atoms with Crippen molar-refractivity contribution in [1.29, 1.82) is 0 Å². The Bertz CT molecular complexity index is 412. The number of nitrogens with two attached hydrogens (primary N) is 1. The molecule has 0 spiro atoms. The lowest BCUT2D eigenvalue weighted by atomic mass is 10.3. The van der Waals surface area contributed by atoms with Gasteiger partial charge in [0.2, 0.25) is 0 Å². The van der Waals surface area contributed by atoms with Crippen LogP contribution in [0.5, 0.6) is 5.75 Å². The number of aromatic nitrogens is 1. The summed E-state index contributed by atoms with van der Waals surface area (Å²) in [7, 11) is 0. The first kappa shape index (κ1) is 9.73. The van der Waals surface area contributed by atoms with Gasteiger partial charge in [0.05, 0.1) is 12.0 Å². The molecule has 2 rings (SSSR count). The fourth-order valence-electron chi connectivity index (χ4n) is 1.21. The first-order valence-electron chi connectivity index (χ1n) is 4.68. The topological polar surface area (TPSA) is 61.3 Å². The van der Waals surface area contributed by atoms with Gasteiger partial charge in [-0.3, -0.25) is 4.98 Å². The highest BCUT2D eigenvalue weighted by Crippen LogP contribution is 2.13. The van der Waals surface area contributed by atoms with Crippen molar-refractivity contribution >= 4 is 0 Å². The van der Waals surface area contributed by atoms with E-state index in [9.17, 15) is 0 Å². The fourth-order valence-corrected chi connectivity index (χ4v) is 1.21. The zero-order valence-corrected chi connectivity index (χ0v) is 8.22. The molecule has 0 bridgehead atoms. The summed E-state index contributed by atoms with van der Waals surface area (Å²) in [5.74, 6) is 1.54. The van der Waals surface area contributed by atoms with Gasteiger partial charge in [-0.05, 0) is 18.2 Å². The lowest BCUT2D eigenvalue weighted by Crippen LogP contribution is -2.00. The van der Waals surface area contributed by atoms with Crippen molar-refractivity contribution < 1.29 is 9.15 Å². The van der Waals surface area contributed by atoms with E-state index in [1.807, 2.05) is 18.2 Å². The number of pyridine rings is 1. The van der Waals surface area contributed by atoms with Crippen LogP contribution in [-0.2, 0) is 13.2 Å². The first-order chi connectivity index (χ1) is 7.38. The molecule has 15 heavy (non-hydrogen) atoms. The number of hydrogen-bond donors (Lipinski definition) is 1. The summed E-state index contributed by atoms with van der Waals surface area (Å²) in [6.07, 6.45) is 3.30. The third kappa shape index (κ3) is 2.57. The van der Waals surface area contributed by atoms with E-state index in [4.69, 9.17) is 14.9 Å². The lowest BCUT2D eigenvalue weighted by Gasteiger charge is -2.04. The molecule has 0 fully saturated rings. The van der Waals surface area contributed by atoms with Crippen molar-refractivity contribution in [2.45, 2.75) is 13.2 Å². The summed E-state index contributed by atoms with van der Waals surface area (Å²) in [6.45, 7) is 0.832.